The number of likely N-dealkylation sites (tertiary alicyclic amines) is 1. The number of rotatable bonds is 5. The predicted octanol–water partition coefficient (Wildman–Crippen LogP) is 4.76. The second kappa shape index (κ2) is 9.37. The number of hydrogen-bond acceptors (Lipinski definition) is 6. The van der Waals surface area contributed by atoms with Crippen LogP contribution >= 0.6 is 15.9 Å². The number of hydrogen-bond donors (Lipinski definition) is 2. The number of halogens is 2. The quantitative estimate of drug-likeness (QED) is 0.281. The molecule has 1 aliphatic carbocycles. The smallest absolute Gasteiger partial charge is 0.248 e. The molecule has 1 saturated carbocycles. The summed E-state index contributed by atoms with van der Waals surface area (Å²) in [4.78, 5) is 41.8. The van der Waals surface area contributed by atoms with Crippen LogP contribution < -0.4 is 11.1 Å². The van der Waals surface area contributed by atoms with Crippen molar-refractivity contribution in [2.24, 2.45) is 5.92 Å². The number of aromatic nitrogens is 4. The maximum atomic E-state index is 13.9. The maximum absolute atomic E-state index is 13.9. The summed E-state index contributed by atoms with van der Waals surface area (Å²) in [5.74, 6) is 0.343. The summed E-state index contributed by atoms with van der Waals surface area (Å²) in [6, 6.07) is 16.8. The van der Waals surface area contributed by atoms with Crippen LogP contribution in [-0.4, -0.2) is 48.3 Å². The van der Waals surface area contributed by atoms with E-state index >= 15 is 0 Å². The third-order valence-electron chi connectivity index (χ3n) is 7.80. The molecule has 5 aromatic rings. The van der Waals surface area contributed by atoms with E-state index in [1.165, 1.54) is 18.5 Å². The van der Waals surface area contributed by atoms with Gasteiger partial charge in [0.05, 0.1) is 10.9 Å². The summed E-state index contributed by atoms with van der Waals surface area (Å²) in [5.41, 5.74) is 9.33. The molecule has 11 heteroatoms. The molecule has 1 unspecified atom stereocenters. The number of pyridine rings is 1. The number of benzene rings is 2. The highest BCUT2D eigenvalue weighted by Crippen LogP contribution is 2.48. The Balaban J connectivity index is 1.23. The molecular weight excluding hydrogens is 577 g/mol. The van der Waals surface area contributed by atoms with Gasteiger partial charge in [-0.2, -0.15) is 0 Å². The molecule has 0 spiro atoms. The molecule has 4 heterocycles. The SMILES string of the molecule is Nc1ncnc2c1c1cc(-c3ccc(F)cc3)ccc1n2CC(=O)N1[C@@H]2CC2C[C@H]1C(=O)Nc1cccc(Br)n1. The molecule has 40 heavy (non-hydrogen) atoms. The van der Waals surface area contributed by atoms with E-state index in [0.717, 1.165) is 28.5 Å². The molecule has 7 rings (SSSR count). The van der Waals surface area contributed by atoms with Crippen LogP contribution in [0.1, 0.15) is 12.8 Å². The van der Waals surface area contributed by atoms with Crippen molar-refractivity contribution in [2.45, 2.75) is 31.5 Å². The first-order chi connectivity index (χ1) is 19.4. The Morgan fingerprint density at radius 3 is 2.65 bits per heavy atom. The van der Waals surface area contributed by atoms with E-state index in [-0.39, 0.29) is 30.2 Å². The first-order valence-electron chi connectivity index (χ1n) is 12.9. The molecule has 3 atom stereocenters. The summed E-state index contributed by atoms with van der Waals surface area (Å²) in [7, 11) is 0. The number of nitrogen functional groups attached to an aromatic ring is 1. The molecule has 3 N–H and O–H groups in total. The number of carbonyl (C=O) groups is 2. The first-order valence-corrected chi connectivity index (χ1v) is 13.7. The Labute approximate surface area is 236 Å². The third-order valence-corrected chi connectivity index (χ3v) is 8.24. The van der Waals surface area contributed by atoms with Gasteiger partial charge in [0.1, 0.15) is 46.6 Å². The summed E-state index contributed by atoms with van der Waals surface area (Å²) in [6.07, 6.45) is 2.90. The van der Waals surface area contributed by atoms with Gasteiger partial charge < -0.3 is 20.5 Å². The molecule has 0 bridgehead atoms. The number of nitrogens with zero attached hydrogens (tertiary/aromatic N) is 5. The zero-order valence-corrected chi connectivity index (χ0v) is 22.7. The fraction of sp³-hybridized carbons (Fsp3) is 0.207. The van der Waals surface area contributed by atoms with Gasteiger partial charge in [-0.25, -0.2) is 19.3 Å². The zero-order valence-electron chi connectivity index (χ0n) is 21.1. The van der Waals surface area contributed by atoms with E-state index in [1.54, 1.807) is 35.2 Å². The van der Waals surface area contributed by atoms with E-state index in [0.29, 0.717) is 39.6 Å². The van der Waals surface area contributed by atoms with Crippen molar-refractivity contribution >= 4 is 61.3 Å². The minimum Gasteiger partial charge on any atom is -0.383 e. The Morgan fingerprint density at radius 2 is 1.85 bits per heavy atom. The lowest BCUT2D eigenvalue weighted by atomic mass is 10.0. The van der Waals surface area contributed by atoms with Gasteiger partial charge in [-0.3, -0.25) is 9.59 Å². The van der Waals surface area contributed by atoms with Crippen molar-refractivity contribution in [3.8, 4) is 11.1 Å². The van der Waals surface area contributed by atoms with Crippen LogP contribution in [0.2, 0.25) is 0 Å². The highest BCUT2D eigenvalue weighted by atomic mass is 79.9. The van der Waals surface area contributed by atoms with Crippen molar-refractivity contribution in [3.05, 3.63) is 77.4 Å². The van der Waals surface area contributed by atoms with Crippen LogP contribution in [0, 0.1) is 11.7 Å². The molecule has 0 radical (unpaired) electrons. The number of nitrogens with two attached hydrogens (primary N) is 1. The van der Waals surface area contributed by atoms with Crippen molar-refractivity contribution in [2.75, 3.05) is 11.1 Å². The van der Waals surface area contributed by atoms with E-state index in [4.69, 9.17) is 5.73 Å². The maximum Gasteiger partial charge on any atom is 0.248 e. The number of fused-ring (bicyclic) bond motifs is 4. The van der Waals surface area contributed by atoms with Gasteiger partial charge >= 0.3 is 0 Å². The van der Waals surface area contributed by atoms with Gasteiger partial charge in [0, 0.05) is 11.4 Å². The predicted molar refractivity (Wildman–Crippen MR) is 153 cm³/mol. The molecule has 2 amide bonds. The van der Waals surface area contributed by atoms with Crippen molar-refractivity contribution in [1.29, 1.82) is 0 Å². The minimum atomic E-state index is -0.574. The monoisotopic (exact) mass is 599 g/mol. The molecule has 9 nitrogen and oxygen atoms in total. The number of nitrogens with one attached hydrogen (secondary N) is 1. The molecule has 3 aromatic heterocycles. The van der Waals surface area contributed by atoms with E-state index in [9.17, 15) is 14.0 Å². The summed E-state index contributed by atoms with van der Waals surface area (Å²) >= 11 is 3.32. The van der Waals surface area contributed by atoms with Crippen LogP contribution in [0.3, 0.4) is 0 Å². The van der Waals surface area contributed by atoms with Crippen LogP contribution in [0.5, 0.6) is 0 Å². The summed E-state index contributed by atoms with van der Waals surface area (Å²) in [5, 5.41) is 4.30. The number of anilines is 2. The van der Waals surface area contributed by atoms with Crippen LogP contribution in [0.4, 0.5) is 16.0 Å². The van der Waals surface area contributed by atoms with Gasteiger partial charge in [-0.15, -0.1) is 0 Å². The van der Waals surface area contributed by atoms with E-state index in [1.807, 2.05) is 22.8 Å². The highest BCUT2D eigenvalue weighted by Gasteiger charge is 2.56. The average molecular weight is 600 g/mol. The van der Waals surface area contributed by atoms with Crippen molar-refractivity contribution < 1.29 is 14.0 Å². The number of carbonyl (C=O) groups excluding carboxylic acids is 2. The van der Waals surface area contributed by atoms with Gasteiger partial charge in [0.15, 0.2) is 0 Å². The highest BCUT2D eigenvalue weighted by molar-refractivity contribution is 9.10. The Morgan fingerprint density at radius 1 is 1.05 bits per heavy atom. The molecule has 200 valence electrons. The van der Waals surface area contributed by atoms with Crippen molar-refractivity contribution in [1.82, 2.24) is 24.4 Å². The minimum absolute atomic E-state index is 0.00547. The number of piperidine rings is 1. The topological polar surface area (TPSA) is 119 Å². The molecule has 2 aliphatic rings. The Kier molecular flexibility index (Phi) is 5.77. The van der Waals surface area contributed by atoms with Gasteiger partial charge in [-0.1, -0.05) is 24.3 Å². The zero-order chi connectivity index (χ0) is 27.5. The normalized spacial score (nSPS) is 19.6. The Hall–Kier alpha value is -4.38. The fourth-order valence-electron chi connectivity index (χ4n) is 5.87. The van der Waals surface area contributed by atoms with E-state index < -0.39 is 6.04 Å². The lowest BCUT2D eigenvalue weighted by Gasteiger charge is -2.27. The molecule has 2 aromatic carbocycles. The van der Waals surface area contributed by atoms with Gasteiger partial charge in [0.2, 0.25) is 11.8 Å². The van der Waals surface area contributed by atoms with Crippen LogP contribution in [0.15, 0.2) is 71.6 Å². The first kappa shape index (κ1) is 24.6. The summed E-state index contributed by atoms with van der Waals surface area (Å²) < 4.78 is 15.9. The second-order valence-electron chi connectivity index (χ2n) is 10.2. The molecule has 1 saturated heterocycles. The largest absolute Gasteiger partial charge is 0.383 e. The van der Waals surface area contributed by atoms with Crippen LogP contribution in [0.25, 0.3) is 33.1 Å². The average Bonchev–Trinajstić information content (AvgIpc) is 3.48. The standard InChI is InChI=1S/C29H23BrFN7O2/c30-23-2-1-3-24(35-23)36-29(40)22-12-17-11-21(17)38(22)25(39)13-37-20-9-6-16(15-4-7-18(31)8-5-15)10-19(20)26-27(32)33-14-34-28(26)37/h1-10,14,17,21-22H,11-13H2,(H2,32,33,34)(H,35,36,40)/t17?,21-,22+/m1/s1. The lowest BCUT2D eigenvalue weighted by molar-refractivity contribution is -0.138. The van der Waals surface area contributed by atoms with Gasteiger partial charge in [-0.05, 0) is 82.2 Å². The third kappa shape index (κ3) is 4.17. The van der Waals surface area contributed by atoms with Gasteiger partial charge in [0.25, 0.3) is 0 Å². The molecular formula is C29H23BrFN7O2. The second-order valence-corrected chi connectivity index (χ2v) is 11.0. The molecule has 1 aliphatic heterocycles. The van der Waals surface area contributed by atoms with Crippen molar-refractivity contribution in [3.63, 3.8) is 0 Å². The van der Waals surface area contributed by atoms with Crippen LogP contribution in [-0.2, 0) is 16.1 Å². The Bertz CT molecular complexity index is 1820. The fourth-order valence-corrected chi connectivity index (χ4v) is 6.22. The van der Waals surface area contributed by atoms with E-state index in [2.05, 4.69) is 36.2 Å². The lowest BCUT2D eigenvalue weighted by Crippen LogP contribution is -2.46. The summed E-state index contributed by atoms with van der Waals surface area (Å²) in [6.45, 7) is -0.00547. The molecule has 2 fully saturated rings. The number of amides is 2.